The summed E-state index contributed by atoms with van der Waals surface area (Å²) in [5.74, 6) is -16.2. The van der Waals surface area contributed by atoms with Crippen molar-refractivity contribution >= 4 is 77.0 Å². The van der Waals surface area contributed by atoms with Crippen LogP contribution in [0.15, 0.2) is 0 Å². The summed E-state index contributed by atoms with van der Waals surface area (Å²) in [6.07, 6.45) is -4.38. The fraction of sp³-hybridized carbons (Fsp3) is 0.711. The zero-order chi connectivity index (χ0) is 57.3. The number of carbonyl (C=O) groups excluding carboxylic acids is 10. The third-order valence-electron chi connectivity index (χ3n) is 11.0. The van der Waals surface area contributed by atoms with E-state index < -0.39 is 200 Å². The van der Waals surface area contributed by atoms with E-state index in [1.54, 1.807) is 13.8 Å². The molecule has 0 unspecified atom stereocenters. The summed E-state index contributed by atoms with van der Waals surface area (Å²) in [4.78, 5) is 166. The van der Waals surface area contributed by atoms with Crippen LogP contribution in [0.5, 0.6) is 0 Å². The van der Waals surface area contributed by atoms with E-state index in [2.05, 4.69) is 47.9 Å². The lowest BCUT2D eigenvalue weighted by Crippen LogP contribution is -2.61. The van der Waals surface area contributed by atoms with Gasteiger partial charge in [-0.3, -0.25) is 57.5 Å². The Kier molecular flexibility index (Phi) is 29.8. The molecule has 29 heteroatoms. The molecule has 18 N–H and O–H groups in total. The number of carboxylic acid groups (broad SMARTS) is 3. The van der Waals surface area contributed by atoms with Gasteiger partial charge >= 0.3 is 17.9 Å². The number of nitrogens with one attached hydrogen (secondary N) is 9. The van der Waals surface area contributed by atoms with E-state index in [1.807, 2.05) is 0 Å². The Bertz CT molecular complexity index is 2000. The number of primary amides is 1. The lowest BCUT2D eigenvalue weighted by Gasteiger charge is -2.28. The number of carbonyl (C=O) groups is 13. The van der Waals surface area contributed by atoms with Gasteiger partial charge in [-0.25, -0.2) is 4.79 Å². The highest BCUT2D eigenvalue weighted by Gasteiger charge is 2.36. The second-order valence-electron chi connectivity index (χ2n) is 19.1. The van der Waals surface area contributed by atoms with E-state index in [4.69, 9.17) is 16.6 Å². The Hall–Kier alpha value is -7.01. The molecule has 420 valence electrons. The van der Waals surface area contributed by atoms with Gasteiger partial charge in [0.25, 0.3) is 0 Å². The summed E-state index contributed by atoms with van der Waals surface area (Å²) in [7, 11) is 0. The van der Waals surface area contributed by atoms with Gasteiger partial charge < -0.3 is 84.9 Å². The van der Waals surface area contributed by atoms with E-state index in [0.29, 0.717) is 0 Å². The average molecular weight is 1060 g/mol. The number of carboxylic acids is 3. The monoisotopic (exact) mass is 1060 g/mol. The number of aliphatic hydroxyl groups is 2. The Morgan fingerprint density at radius 3 is 1.28 bits per heavy atom. The standard InChI is InChI=1S/C45H77N11O18/c1-19(2)16-27(40(68)49-26(12-15-32(63)64)39(67)55-35(22(7)8)45(73)74)51-38(66)25(11-13-29(47)59)50-41(69)28(18-57)52-43(71)34(21(5)6)53-30(60)17-48-42(70)33(20(3)4)54-44(72)36(23(9)58)56-37(65)24(46)10-14-31(61)62/h19-28,33-36,57-58H,10-18,46H2,1-9H3,(H2,47,59)(H,48,70)(H,49,68)(H,50,69)(H,51,66)(H,52,71)(H,53,60)(H,54,72)(H,55,67)(H,56,65)(H,61,62)(H,63,64)(H,73,74)/t23-,24+,25+,26+,27+,28+,33+,34+,35+,36+/m1/s1. The van der Waals surface area contributed by atoms with Crippen LogP contribution in [0, 0.1) is 23.7 Å². The Balaban J connectivity index is 6.17. The molecular formula is C45H77N11O18. The lowest BCUT2D eigenvalue weighted by atomic mass is 10.00. The van der Waals surface area contributed by atoms with E-state index in [9.17, 15) is 82.8 Å². The van der Waals surface area contributed by atoms with Crippen molar-refractivity contribution < 1.29 is 87.9 Å². The summed E-state index contributed by atoms with van der Waals surface area (Å²) < 4.78 is 0. The van der Waals surface area contributed by atoms with Crippen molar-refractivity contribution in [2.75, 3.05) is 13.2 Å². The molecule has 0 saturated carbocycles. The van der Waals surface area contributed by atoms with Gasteiger partial charge in [0.1, 0.15) is 48.3 Å². The van der Waals surface area contributed by atoms with Crippen LogP contribution in [0.2, 0.25) is 0 Å². The van der Waals surface area contributed by atoms with Crippen LogP contribution in [0.3, 0.4) is 0 Å². The van der Waals surface area contributed by atoms with Crippen molar-refractivity contribution in [1.82, 2.24) is 47.9 Å². The predicted octanol–water partition coefficient (Wildman–Crippen LogP) is -5.22. The van der Waals surface area contributed by atoms with Gasteiger partial charge in [0.15, 0.2) is 0 Å². The van der Waals surface area contributed by atoms with E-state index in [0.717, 1.165) is 0 Å². The number of rotatable bonds is 35. The summed E-state index contributed by atoms with van der Waals surface area (Å²) >= 11 is 0. The fourth-order valence-electron chi connectivity index (χ4n) is 6.73. The molecule has 0 aliphatic carbocycles. The molecule has 0 fully saturated rings. The maximum atomic E-state index is 13.8. The molecule has 0 aliphatic rings. The summed E-state index contributed by atoms with van der Waals surface area (Å²) in [6, 6.07) is -13.7. The lowest BCUT2D eigenvalue weighted by molar-refractivity contribution is -0.144. The van der Waals surface area contributed by atoms with Crippen LogP contribution in [-0.2, 0) is 62.3 Å². The fourth-order valence-corrected chi connectivity index (χ4v) is 6.73. The highest BCUT2D eigenvalue weighted by molar-refractivity contribution is 5.98. The molecule has 0 heterocycles. The molecule has 0 aliphatic heterocycles. The number of hydrogen-bond acceptors (Lipinski definition) is 16. The smallest absolute Gasteiger partial charge is 0.326 e. The molecule has 0 radical (unpaired) electrons. The average Bonchev–Trinajstić information content (AvgIpc) is 3.29. The molecule has 0 spiro atoms. The van der Waals surface area contributed by atoms with Crippen LogP contribution in [0.4, 0.5) is 0 Å². The SMILES string of the molecule is CC(C)C[C@H](NC(=O)[C@H](CCC(N)=O)NC(=O)[C@H](CO)NC(=O)[C@@H](NC(=O)CNC(=O)[C@@H](NC(=O)[C@@H](NC(=O)[C@@H](N)CCC(=O)O)[C@@H](C)O)C(C)C)C(C)C)C(=O)N[C@@H](CCC(=O)O)C(=O)N[C@H](C(=O)O)C(C)C. The van der Waals surface area contributed by atoms with E-state index in [-0.39, 0.29) is 18.8 Å². The highest BCUT2D eigenvalue weighted by atomic mass is 16.4. The van der Waals surface area contributed by atoms with Crippen LogP contribution in [0.25, 0.3) is 0 Å². The molecule has 0 aromatic rings. The molecule has 0 aromatic heterocycles. The minimum absolute atomic E-state index is 0.0948. The van der Waals surface area contributed by atoms with Crippen LogP contribution < -0.4 is 59.3 Å². The summed E-state index contributed by atoms with van der Waals surface area (Å²) in [5, 5.41) is 69.1. The molecule has 0 aromatic carbocycles. The molecule has 74 heavy (non-hydrogen) atoms. The normalized spacial score (nSPS) is 15.3. The Labute approximate surface area is 427 Å². The van der Waals surface area contributed by atoms with Crippen molar-refractivity contribution in [2.45, 2.75) is 168 Å². The zero-order valence-electron chi connectivity index (χ0n) is 43.1. The minimum atomic E-state index is -1.81. The number of amides is 10. The number of aliphatic carboxylic acids is 3. The first-order chi connectivity index (χ1) is 34.2. The van der Waals surface area contributed by atoms with Crippen molar-refractivity contribution in [2.24, 2.45) is 35.1 Å². The van der Waals surface area contributed by atoms with Gasteiger partial charge in [-0.15, -0.1) is 0 Å². The molecule has 0 bridgehead atoms. The van der Waals surface area contributed by atoms with Gasteiger partial charge in [-0.2, -0.15) is 0 Å². The molecular weight excluding hydrogens is 983 g/mol. The summed E-state index contributed by atoms with van der Waals surface area (Å²) in [5.41, 5.74) is 11.0. The maximum Gasteiger partial charge on any atom is 0.326 e. The van der Waals surface area contributed by atoms with E-state index >= 15 is 0 Å². The van der Waals surface area contributed by atoms with Gasteiger partial charge in [0, 0.05) is 19.3 Å². The third-order valence-corrected chi connectivity index (χ3v) is 11.0. The van der Waals surface area contributed by atoms with Gasteiger partial charge in [-0.1, -0.05) is 55.4 Å². The zero-order valence-corrected chi connectivity index (χ0v) is 43.1. The molecule has 10 atom stereocenters. The first kappa shape index (κ1) is 67.0. The van der Waals surface area contributed by atoms with Gasteiger partial charge in [-0.05, 0) is 56.3 Å². The quantitative estimate of drug-likeness (QED) is 0.0282. The van der Waals surface area contributed by atoms with Crippen LogP contribution in [-0.4, -0.2) is 176 Å². The molecule has 10 amide bonds. The molecule has 0 rings (SSSR count). The number of hydrogen-bond donors (Lipinski definition) is 16. The summed E-state index contributed by atoms with van der Waals surface area (Å²) in [6.45, 7) is 11.8. The molecule has 0 saturated heterocycles. The van der Waals surface area contributed by atoms with Gasteiger partial charge in [0.05, 0.1) is 25.3 Å². The predicted molar refractivity (Wildman–Crippen MR) is 259 cm³/mol. The number of aliphatic hydroxyl groups excluding tert-OH is 2. The van der Waals surface area contributed by atoms with Gasteiger partial charge in [0.2, 0.25) is 59.1 Å². The Morgan fingerprint density at radius 2 is 0.838 bits per heavy atom. The number of nitrogens with two attached hydrogens (primary N) is 2. The first-order valence-corrected chi connectivity index (χ1v) is 23.9. The Morgan fingerprint density at radius 1 is 0.446 bits per heavy atom. The first-order valence-electron chi connectivity index (χ1n) is 23.9. The van der Waals surface area contributed by atoms with Crippen molar-refractivity contribution in [3.05, 3.63) is 0 Å². The van der Waals surface area contributed by atoms with Crippen LogP contribution >= 0.6 is 0 Å². The maximum absolute atomic E-state index is 13.8. The van der Waals surface area contributed by atoms with E-state index in [1.165, 1.54) is 48.5 Å². The second kappa shape index (κ2) is 32.9. The molecule has 29 nitrogen and oxygen atoms in total. The van der Waals surface area contributed by atoms with Crippen LogP contribution in [0.1, 0.15) is 107 Å². The topological polar surface area (TPSA) is 483 Å². The van der Waals surface area contributed by atoms with Crippen molar-refractivity contribution in [1.29, 1.82) is 0 Å². The third kappa shape index (κ3) is 25.1. The minimum Gasteiger partial charge on any atom is -0.481 e. The second-order valence-corrected chi connectivity index (χ2v) is 19.1. The highest BCUT2D eigenvalue weighted by Crippen LogP contribution is 2.11. The van der Waals surface area contributed by atoms with Crippen molar-refractivity contribution in [3.63, 3.8) is 0 Å². The van der Waals surface area contributed by atoms with Crippen molar-refractivity contribution in [3.8, 4) is 0 Å². The largest absolute Gasteiger partial charge is 0.481 e.